The van der Waals surface area contributed by atoms with Gasteiger partial charge in [-0.2, -0.15) is 5.26 Å². The molecule has 0 amide bonds. The molecule has 0 heterocycles. The van der Waals surface area contributed by atoms with Crippen molar-refractivity contribution in [2.45, 2.75) is 31.1 Å². The summed E-state index contributed by atoms with van der Waals surface area (Å²) in [4.78, 5) is 10.9. The first kappa shape index (κ1) is 10.7. The summed E-state index contributed by atoms with van der Waals surface area (Å²) in [5.41, 5.74) is 1.38. The van der Waals surface area contributed by atoms with Gasteiger partial charge in [0.15, 0.2) is 0 Å². The molecule has 0 saturated heterocycles. The van der Waals surface area contributed by atoms with Crippen LogP contribution in [0.1, 0.15) is 36.8 Å². The van der Waals surface area contributed by atoms with Crippen LogP contribution < -0.4 is 0 Å². The van der Waals surface area contributed by atoms with E-state index in [2.05, 4.69) is 6.07 Å². The molecule has 3 heteroatoms. The number of hydrogen-bond donors (Lipinski definition) is 1. The van der Waals surface area contributed by atoms with E-state index in [1.807, 2.05) is 18.2 Å². The molecule has 1 N–H and O–H groups in total. The summed E-state index contributed by atoms with van der Waals surface area (Å²) in [5, 5.41) is 17.8. The van der Waals surface area contributed by atoms with E-state index in [0.717, 1.165) is 24.8 Å². The summed E-state index contributed by atoms with van der Waals surface area (Å²) in [6, 6.07) is 9.42. The van der Waals surface area contributed by atoms with Gasteiger partial charge >= 0.3 is 5.97 Å². The monoisotopic (exact) mass is 215 g/mol. The maximum atomic E-state index is 10.9. The molecule has 0 radical (unpaired) electrons. The molecule has 1 fully saturated rings. The number of hydrogen-bond acceptors (Lipinski definition) is 2. The molecule has 2 rings (SSSR count). The van der Waals surface area contributed by atoms with E-state index in [1.54, 1.807) is 6.07 Å². The highest BCUT2D eigenvalue weighted by molar-refractivity contribution is 5.69. The topological polar surface area (TPSA) is 61.1 Å². The largest absolute Gasteiger partial charge is 0.481 e. The van der Waals surface area contributed by atoms with Crippen LogP contribution in [0, 0.1) is 11.3 Å². The molecule has 0 atom stereocenters. The molecule has 0 bridgehead atoms. The standard InChI is InChI=1S/C13H13NO2/c14-9-10-3-1-4-11(7-10)13(5-2-6-13)8-12(15)16/h1,3-4,7H,2,5-6,8H2,(H,15,16). The van der Waals surface area contributed by atoms with Crippen LogP contribution in [0.4, 0.5) is 0 Å². The first-order valence-electron chi connectivity index (χ1n) is 5.39. The van der Waals surface area contributed by atoms with Crippen molar-refractivity contribution in [1.82, 2.24) is 0 Å². The van der Waals surface area contributed by atoms with Gasteiger partial charge in [0.1, 0.15) is 0 Å². The summed E-state index contributed by atoms with van der Waals surface area (Å²) in [7, 11) is 0. The normalized spacial score (nSPS) is 17.2. The third-order valence-corrected chi connectivity index (χ3v) is 3.40. The van der Waals surface area contributed by atoms with E-state index < -0.39 is 5.97 Å². The molecule has 1 aliphatic rings. The molecule has 1 aromatic carbocycles. The van der Waals surface area contributed by atoms with E-state index >= 15 is 0 Å². The van der Waals surface area contributed by atoms with Crippen LogP contribution in [0.2, 0.25) is 0 Å². The molecule has 1 aromatic rings. The Morgan fingerprint density at radius 2 is 2.25 bits per heavy atom. The van der Waals surface area contributed by atoms with Crippen molar-refractivity contribution in [2.75, 3.05) is 0 Å². The molecule has 0 aliphatic heterocycles. The summed E-state index contributed by atoms with van der Waals surface area (Å²) in [5.74, 6) is -0.762. The minimum absolute atomic E-state index is 0.169. The molecule has 3 nitrogen and oxygen atoms in total. The smallest absolute Gasteiger partial charge is 0.304 e. The highest BCUT2D eigenvalue weighted by Gasteiger charge is 2.40. The lowest BCUT2D eigenvalue weighted by atomic mass is 9.62. The number of nitrogens with zero attached hydrogens (tertiary/aromatic N) is 1. The van der Waals surface area contributed by atoms with Crippen LogP contribution in [0.3, 0.4) is 0 Å². The average Bonchev–Trinajstić information content (AvgIpc) is 2.23. The predicted molar refractivity (Wildman–Crippen MR) is 58.9 cm³/mol. The van der Waals surface area contributed by atoms with Gasteiger partial charge in [-0.25, -0.2) is 0 Å². The Balaban J connectivity index is 2.33. The zero-order valence-electron chi connectivity index (χ0n) is 8.94. The molecule has 16 heavy (non-hydrogen) atoms. The van der Waals surface area contributed by atoms with Gasteiger partial charge < -0.3 is 5.11 Å². The number of carboxylic acids is 1. The Bertz CT molecular complexity index is 455. The van der Waals surface area contributed by atoms with Crippen molar-refractivity contribution in [2.24, 2.45) is 0 Å². The van der Waals surface area contributed by atoms with Crippen LogP contribution >= 0.6 is 0 Å². The summed E-state index contributed by atoms with van der Waals surface area (Å²) >= 11 is 0. The number of rotatable bonds is 3. The van der Waals surface area contributed by atoms with Crippen molar-refractivity contribution >= 4 is 5.97 Å². The van der Waals surface area contributed by atoms with E-state index in [9.17, 15) is 4.79 Å². The van der Waals surface area contributed by atoms with Crippen molar-refractivity contribution in [3.63, 3.8) is 0 Å². The zero-order chi connectivity index (χ0) is 11.6. The second-order valence-electron chi connectivity index (χ2n) is 4.40. The SMILES string of the molecule is N#Cc1cccc(C2(CC(=O)O)CCC2)c1. The number of carboxylic acid groups (broad SMARTS) is 1. The van der Waals surface area contributed by atoms with Gasteiger partial charge in [0.25, 0.3) is 0 Å². The van der Waals surface area contributed by atoms with Crippen molar-refractivity contribution in [3.05, 3.63) is 35.4 Å². The van der Waals surface area contributed by atoms with Crippen LogP contribution in [-0.2, 0) is 10.2 Å². The van der Waals surface area contributed by atoms with E-state index in [0.29, 0.717) is 5.56 Å². The molecule has 1 aliphatic carbocycles. The van der Waals surface area contributed by atoms with Crippen LogP contribution in [-0.4, -0.2) is 11.1 Å². The highest BCUT2D eigenvalue weighted by Crippen LogP contribution is 2.46. The molecule has 0 spiro atoms. The Hall–Kier alpha value is -1.82. The summed E-state index contributed by atoms with van der Waals surface area (Å²) in [6.45, 7) is 0. The Morgan fingerprint density at radius 1 is 1.50 bits per heavy atom. The van der Waals surface area contributed by atoms with Gasteiger partial charge in [-0.3, -0.25) is 4.79 Å². The number of aliphatic carboxylic acids is 1. The first-order valence-corrected chi connectivity index (χ1v) is 5.39. The summed E-state index contributed by atoms with van der Waals surface area (Å²) < 4.78 is 0. The number of benzene rings is 1. The Morgan fingerprint density at radius 3 is 2.75 bits per heavy atom. The average molecular weight is 215 g/mol. The Kier molecular flexibility index (Phi) is 2.66. The second-order valence-corrected chi connectivity index (χ2v) is 4.40. The fourth-order valence-corrected chi connectivity index (χ4v) is 2.38. The van der Waals surface area contributed by atoms with Crippen molar-refractivity contribution < 1.29 is 9.90 Å². The minimum atomic E-state index is -0.762. The molecule has 0 unspecified atom stereocenters. The fraction of sp³-hybridized carbons (Fsp3) is 0.385. The molecular formula is C13H13NO2. The van der Waals surface area contributed by atoms with Crippen molar-refractivity contribution in [1.29, 1.82) is 5.26 Å². The third kappa shape index (κ3) is 1.79. The predicted octanol–water partition coefficient (Wildman–Crippen LogP) is 2.45. The fourth-order valence-electron chi connectivity index (χ4n) is 2.38. The molecule has 82 valence electrons. The third-order valence-electron chi connectivity index (χ3n) is 3.40. The van der Waals surface area contributed by atoms with Gasteiger partial charge in [-0.1, -0.05) is 18.6 Å². The van der Waals surface area contributed by atoms with Crippen LogP contribution in [0.15, 0.2) is 24.3 Å². The first-order chi connectivity index (χ1) is 7.66. The van der Waals surface area contributed by atoms with Gasteiger partial charge in [0.2, 0.25) is 0 Å². The lowest BCUT2D eigenvalue weighted by Gasteiger charge is -2.41. The van der Waals surface area contributed by atoms with E-state index in [4.69, 9.17) is 10.4 Å². The van der Waals surface area contributed by atoms with E-state index in [1.165, 1.54) is 0 Å². The molecular weight excluding hydrogens is 202 g/mol. The van der Waals surface area contributed by atoms with E-state index in [-0.39, 0.29) is 11.8 Å². The number of nitriles is 1. The van der Waals surface area contributed by atoms with Crippen molar-refractivity contribution in [3.8, 4) is 6.07 Å². The van der Waals surface area contributed by atoms with Gasteiger partial charge in [-0.15, -0.1) is 0 Å². The quantitative estimate of drug-likeness (QED) is 0.842. The summed E-state index contributed by atoms with van der Waals surface area (Å²) in [6.07, 6.45) is 3.06. The zero-order valence-corrected chi connectivity index (χ0v) is 8.94. The molecule has 0 aromatic heterocycles. The van der Waals surface area contributed by atoms with Gasteiger partial charge in [0, 0.05) is 5.41 Å². The second kappa shape index (κ2) is 3.97. The maximum absolute atomic E-state index is 10.9. The maximum Gasteiger partial charge on any atom is 0.304 e. The van der Waals surface area contributed by atoms with Crippen LogP contribution in [0.25, 0.3) is 0 Å². The lowest BCUT2D eigenvalue weighted by Crippen LogP contribution is -2.36. The minimum Gasteiger partial charge on any atom is -0.481 e. The highest BCUT2D eigenvalue weighted by atomic mass is 16.4. The van der Waals surface area contributed by atoms with Gasteiger partial charge in [0.05, 0.1) is 18.1 Å². The van der Waals surface area contributed by atoms with Gasteiger partial charge in [-0.05, 0) is 30.5 Å². The molecule has 1 saturated carbocycles. The Labute approximate surface area is 94.3 Å². The van der Waals surface area contributed by atoms with Crippen LogP contribution in [0.5, 0.6) is 0 Å². The lowest BCUT2D eigenvalue weighted by molar-refractivity contribution is -0.139. The number of carbonyl (C=O) groups is 1.